The van der Waals surface area contributed by atoms with Crippen LogP contribution in [0.1, 0.15) is 11.1 Å². The Morgan fingerprint density at radius 2 is 1.81 bits per heavy atom. The van der Waals surface area contributed by atoms with Crippen molar-refractivity contribution in [3.05, 3.63) is 47.7 Å². The normalized spacial score (nSPS) is 10.8. The zero-order chi connectivity index (χ0) is 15.0. The lowest BCUT2D eigenvalue weighted by Crippen LogP contribution is -2.04. The molecule has 0 atom stereocenters. The largest absolute Gasteiger partial charge is 0.398 e. The van der Waals surface area contributed by atoms with Gasteiger partial charge in [-0.15, -0.1) is 0 Å². The molecule has 0 fully saturated rings. The zero-order valence-corrected chi connectivity index (χ0v) is 12.0. The quantitative estimate of drug-likeness (QED) is 0.627. The molecule has 5 heteroatoms. The number of hydrogen-bond donors (Lipinski definition) is 3. The molecule has 0 saturated carbocycles. The molecule has 0 aliphatic rings. The van der Waals surface area contributed by atoms with E-state index in [4.69, 9.17) is 11.5 Å². The number of hydrogen-bond acceptors (Lipinski definition) is 5. The van der Waals surface area contributed by atoms with E-state index in [1.807, 2.05) is 44.2 Å². The maximum atomic E-state index is 6.04. The summed E-state index contributed by atoms with van der Waals surface area (Å²) < 4.78 is 0. The monoisotopic (exact) mass is 279 g/mol. The van der Waals surface area contributed by atoms with Crippen molar-refractivity contribution >= 4 is 33.9 Å². The Hall–Kier alpha value is -2.82. The molecular weight excluding hydrogens is 262 g/mol. The average Bonchev–Trinajstić information content (AvgIpc) is 2.46. The second kappa shape index (κ2) is 4.94. The summed E-state index contributed by atoms with van der Waals surface area (Å²) >= 11 is 0. The predicted molar refractivity (Wildman–Crippen MR) is 87.6 cm³/mol. The van der Waals surface area contributed by atoms with Gasteiger partial charge < -0.3 is 16.8 Å². The third-order valence-corrected chi connectivity index (χ3v) is 3.53. The Morgan fingerprint density at radius 1 is 1.00 bits per heavy atom. The number of nitrogens with zero attached hydrogens (tertiary/aromatic N) is 2. The summed E-state index contributed by atoms with van der Waals surface area (Å²) in [6.45, 7) is 3.93. The van der Waals surface area contributed by atoms with Crippen LogP contribution in [-0.2, 0) is 0 Å². The fourth-order valence-corrected chi connectivity index (χ4v) is 2.23. The van der Waals surface area contributed by atoms with Crippen LogP contribution < -0.4 is 16.8 Å². The summed E-state index contributed by atoms with van der Waals surface area (Å²) in [7, 11) is 0. The summed E-state index contributed by atoms with van der Waals surface area (Å²) in [5.74, 6) is 1.35. The first kappa shape index (κ1) is 13.2. The van der Waals surface area contributed by atoms with Gasteiger partial charge in [0.15, 0.2) is 5.82 Å². The summed E-state index contributed by atoms with van der Waals surface area (Å²) in [5.41, 5.74) is 16.2. The molecule has 0 aliphatic carbocycles. The smallest absolute Gasteiger partial charge is 0.155 e. The van der Waals surface area contributed by atoms with E-state index in [1.54, 1.807) is 6.20 Å². The summed E-state index contributed by atoms with van der Waals surface area (Å²) in [4.78, 5) is 8.89. The summed E-state index contributed by atoms with van der Waals surface area (Å²) in [5, 5.41) is 4.15. The Balaban J connectivity index is 2.09. The van der Waals surface area contributed by atoms with Crippen LogP contribution in [0.15, 0.2) is 36.5 Å². The highest BCUT2D eigenvalue weighted by Gasteiger charge is 2.09. The molecule has 0 radical (unpaired) electrons. The number of anilines is 4. The molecule has 1 aromatic carbocycles. The van der Waals surface area contributed by atoms with E-state index < -0.39 is 0 Å². The summed E-state index contributed by atoms with van der Waals surface area (Å²) in [6, 6.07) is 9.59. The van der Waals surface area contributed by atoms with E-state index in [0.29, 0.717) is 11.5 Å². The van der Waals surface area contributed by atoms with Crippen molar-refractivity contribution in [2.24, 2.45) is 0 Å². The van der Waals surface area contributed by atoms with Crippen LogP contribution in [0.3, 0.4) is 0 Å². The van der Waals surface area contributed by atoms with Gasteiger partial charge in [0.05, 0.1) is 11.2 Å². The molecular formula is C16H17N5. The van der Waals surface area contributed by atoms with Gasteiger partial charge in [-0.05, 0) is 49.2 Å². The molecule has 2 heterocycles. The van der Waals surface area contributed by atoms with Crippen molar-refractivity contribution in [2.75, 3.05) is 16.8 Å². The van der Waals surface area contributed by atoms with Gasteiger partial charge in [-0.2, -0.15) is 0 Å². The highest BCUT2D eigenvalue weighted by molar-refractivity contribution is 5.92. The van der Waals surface area contributed by atoms with Crippen LogP contribution in [0.5, 0.6) is 0 Å². The van der Waals surface area contributed by atoms with E-state index >= 15 is 0 Å². The van der Waals surface area contributed by atoms with Crippen molar-refractivity contribution in [2.45, 2.75) is 13.8 Å². The van der Waals surface area contributed by atoms with Gasteiger partial charge in [0.25, 0.3) is 0 Å². The highest BCUT2D eigenvalue weighted by atomic mass is 15.1. The second-order valence-electron chi connectivity index (χ2n) is 5.08. The van der Waals surface area contributed by atoms with Gasteiger partial charge in [0.2, 0.25) is 0 Å². The number of rotatable bonds is 2. The zero-order valence-electron chi connectivity index (χ0n) is 12.0. The molecule has 5 nitrogen and oxygen atoms in total. The lowest BCUT2D eigenvalue weighted by atomic mass is 10.1. The van der Waals surface area contributed by atoms with E-state index in [-0.39, 0.29) is 0 Å². The third-order valence-electron chi connectivity index (χ3n) is 3.53. The predicted octanol–water partition coefficient (Wildman–Crippen LogP) is 3.15. The van der Waals surface area contributed by atoms with Gasteiger partial charge in [-0.3, -0.25) is 0 Å². The molecule has 106 valence electrons. The number of nitrogens with two attached hydrogens (primary N) is 2. The van der Waals surface area contributed by atoms with Crippen LogP contribution in [0.25, 0.3) is 10.9 Å². The first-order valence-corrected chi connectivity index (χ1v) is 6.70. The number of aromatic nitrogens is 2. The Labute approximate surface area is 123 Å². The van der Waals surface area contributed by atoms with Crippen molar-refractivity contribution in [3.63, 3.8) is 0 Å². The topological polar surface area (TPSA) is 89.8 Å². The van der Waals surface area contributed by atoms with E-state index in [9.17, 15) is 0 Å². The molecule has 0 amide bonds. The molecule has 5 N–H and O–H groups in total. The average molecular weight is 279 g/mol. The molecule has 0 unspecified atom stereocenters. The van der Waals surface area contributed by atoms with Crippen molar-refractivity contribution in [1.82, 2.24) is 9.97 Å². The molecule has 2 aromatic heterocycles. The lowest BCUT2D eigenvalue weighted by Gasteiger charge is -2.12. The van der Waals surface area contributed by atoms with Gasteiger partial charge >= 0.3 is 0 Å². The SMILES string of the molecule is Cc1cc2c(N)cccc2nc1Nc1nccc(C)c1N. The fraction of sp³-hybridized carbons (Fsp3) is 0.125. The van der Waals surface area contributed by atoms with Crippen LogP contribution in [0, 0.1) is 13.8 Å². The number of nitrogens with one attached hydrogen (secondary N) is 1. The molecule has 0 aliphatic heterocycles. The Morgan fingerprint density at radius 3 is 2.62 bits per heavy atom. The lowest BCUT2D eigenvalue weighted by molar-refractivity contribution is 1.24. The maximum Gasteiger partial charge on any atom is 0.155 e. The van der Waals surface area contributed by atoms with E-state index in [0.717, 1.165) is 33.5 Å². The van der Waals surface area contributed by atoms with Crippen LogP contribution >= 0.6 is 0 Å². The molecule has 21 heavy (non-hydrogen) atoms. The van der Waals surface area contributed by atoms with E-state index in [2.05, 4.69) is 15.3 Å². The van der Waals surface area contributed by atoms with Crippen molar-refractivity contribution in [3.8, 4) is 0 Å². The van der Waals surface area contributed by atoms with Crippen LogP contribution in [0.2, 0.25) is 0 Å². The maximum absolute atomic E-state index is 6.04. The Bertz CT molecular complexity index is 826. The fourth-order valence-electron chi connectivity index (χ4n) is 2.23. The first-order valence-electron chi connectivity index (χ1n) is 6.70. The number of fused-ring (bicyclic) bond motifs is 1. The van der Waals surface area contributed by atoms with Gasteiger partial charge in [0, 0.05) is 17.3 Å². The number of benzene rings is 1. The molecule has 0 saturated heterocycles. The molecule has 3 aromatic rings. The number of aryl methyl sites for hydroxylation is 2. The minimum atomic E-state index is 0.619. The van der Waals surface area contributed by atoms with Gasteiger partial charge in [0.1, 0.15) is 5.82 Å². The second-order valence-corrected chi connectivity index (χ2v) is 5.08. The molecule has 0 bridgehead atoms. The van der Waals surface area contributed by atoms with Gasteiger partial charge in [-0.25, -0.2) is 9.97 Å². The Kier molecular flexibility index (Phi) is 3.10. The van der Waals surface area contributed by atoms with Crippen molar-refractivity contribution < 1.29 is 0 Å². The standard InChI is InChI=1S/C16H17N5/c1-9-6-7-19-16(14(9)18)21-15-10(2)8-11-12(17)4-3-5-13(11)20-15/h3-8H,17-18H2,1-2H3,(H,19,20,21). The van der Waals surface area contributed by atoms with Crippen molar-refractivity contribution in [1.29, 1.82) is 0 Å². The van der Waals surface area contributed by atoms with Crippen LogP contribution in [0.4, 0.5) is 23.0 Å². The molecule has 0 spiro atoms. The highest BCUT2D eigenvalue weighted by Crippen LogP contribution is 2.28. The van der Waals surface area contributed by atoms with E-state index in [1.165, 1.54) is 0 Å². The number of pyridine rings is 2. The molecule has 3 rings (SSSR count). The minimum absolute atomic E-state index is 0.619. The van der Waals surface area contributed by atoms with Crippen LogP contribution in [-0.4, -0.2) is 9.97 Å². The van der Waals surface area contributed by atoms with Gasteiger partial charge in [-0.1, -0.05) is 6.07 Å². The first-order chi connectivity index (χ1) is 10.1. The minimum Gasteiger partial charge on any atom is -0.398 e. The third kappa shape index (κ3) is 2.33. The summed E-state index contributed by atoms with van der Waals surface area (Å²) in [6.07, 6.45) is 1.72. The number of nitrogen functional groups attached to an aromatic ring is 2.